The van der Waals surface area contributed by atoms with Crippen LogP contribution in [0.15, 0.2) is 0 Å². The highest BCUT2D eigenvalue weighted by atomic mass is 16.4. The van der Waals surface area contributed by atoms with Gasteiger partial charge in [0, 0.05) is 0 Å². The lowest BCUT2D eigenvalue weighted by Crippen LogP contribution is -2.37. The molecule has 0 saturated carbocycles. The van der Waals surface area contributed by atoms with Gasteiger partial charge in [0.05, 0.1) is 12.6 Å². The van der Waals surface area contributed by atoms with Crippen molar-refractivity contribution in [2.24, 2.45) is 0 Å². The van der Waals surface area contributed by atoms with Gasteiger partial charge in [-0.05, 0) is 6.42 Å². The lowest BCUT2D eigenvalue weighted by atomic mass is 10.2. The molecule has 0 rings (SSSR count). The molecular weight excluding hydrogens is 162 g/mol. The predicted molar refractivity (Wildman–Crippen MR) is 41.6 cm³/mol. The normalized spacial score (nSPS) is 12.2. The molecule has 5 nitrogen and oxygen atoms in total. The van der Waals surface area contributed by atoms with Gasteiger partial charge in [-0.1, -0.05) is 6.92 Å². The molecule has 12 heavy (non-hydrogen) atoms. The third kappa shape index (κ3) is 4.68. The van der Waals surface area contributed by atoms with E-state index in [-0.39, 0.29) is 12.6 Å². The Morgan fingerprint density at radius 1 is 1.50 bits per heavy atom. The average Bonchev–Trinajstić information content (AvgIpc) is 1.98. The second-order valence-corrected chi connectivity index (χ2v) is 2.43. The van der Waals surface area contributed by atoms with E-state index in [0.717, 1.165) is 0 Å². The molecule has 1 atom stereocenters. The first kappa shape index (κ1) is 10.9. The van der Waals surface area contributed by atoms with Gasteiger partial charge < -0.3 is 15.5 Å². The average molecular weight is 175 g/mol. The molecule has 0 aliphatic carbocycles. The number of hydrogen-bond acceptors (Lipinski definition) is 3. The molecule has 1 unspecified atom stereocenters. The predicted octanol–water partition coefficient (Wildman–Crippen LogP) is -0.652. The van der Waals surface area contributed by atoms with Crippen molar-refractivity contribution in [3.8, 4) is 0 Å². The Balaban J connectivity index is 3.74. The first-order valence-corrected chi connectivity index (χ1v) is 3.72. The minimum absolute atomic E-state index is 0.165. The molecule has 0 aromatic heterocycles. The van der Waals surface area contributed by atoms with Gasteiger partial charge in [-0.3, -0.25) is 9.59 Å². The fraction of sp³-hybridized carbons (Fsp3) is 0.714. The standard InChI is InChI=1S/C7H13NO4/c1-2-5(4-9)8-6(10)3-7(11)12/h5,9H,2-4H2,1H3,(H,8,10)(H,11,12). The van der Waals surface area contributed by atoms with Gasteiger partial charge in [-0.15, -0.1) is 0 Å². The molecule has 0 aliphatic rings. The Bertz CT molecular complexity index is 165. The molecule has 0 spiro atoms. The smallest absolute Gasteiger partial charge is 0.312 e. The zero-order chi connectivity index (χ0) is 9.56. The van der Waals surface area contributed by atoms with Crippen LogP contribution in [0.1, 0.15) is 19.8 Å². The summed E-state index contributed by atoms with van der Waals surface area (Å²) in [7, 11) is 0. The van der Waals surface area contributed by atoms with E-state index < -0.39 is 18.3 Å². The van der Waals surface area contributed by atoms with E-state index in [4.69, 9.17) is 10.2 Å². The summed E-state index contributed by atoms with van der Waals surface area (Å²) in [6.07, 6.45) is 0.0400. The topological polar surface area (TPSA) is 86.6 Å². The molecule has 0 aliphatic heterocycles. The summed E-state index contributed by atoms with van der Waals surface area (Å²) in [6, 6.07) is -0.336. The van der Waals surface area contributed by atoms with E-state index in [1.54, 1.807) is 6.92 Å². The fourth-order valence-electron chi connectivity index (χ4n) is 0.693. The molecule has 0 fully saturated rings. The van der Waals surface area contributed by atoms with Crippen molar-refractivity contribution in [1.82, 2.24) is 5.32 Å². The van der Waals surface area contributed by atoms with Crippen molar-refractivity contribution < 1.29 is 19.8 Å². The maximum absolute atomic E-state index is 10.8. The van der Waals surface area contributed by atoms with Crippen molar-refractivity contribution in [1.29, 1.82) is 0 Å². The third-order valence-corrected chi connectivity index (χ3v) is 1.39. The number of carbonyl (C=O) groups is 2. The summed E-state index contributed by atoms with van der Waals surface area (Å²) in [5.41, 5.74) is 0. The number of aliphatic hydroxyl groups is 1. The van der Waals surface area contributed by atoms with Crippen LogP contribution in [0.3, 0.4) is 0 Å². The van der Waals surface area contributed by atoms with Gasteiger partial charge in [-0.2, -0.15) is 0 Å². The molecule has 5 heteroatoms. The molecule has 0 heterocycles. The van der Waals surface area contributed by atoms with Gasteiger partial charge >= 0.3 is 5.97 Å². The van der Waals surface area contributed by atoms with E-state index in [9.17, 15) is 9.59 Å². The van der Waals surface area contributed by atoms with Crippen LogP contribution in [-0.4, -0.2) is 34.7 Å². The monoisotopic (exact) mass is 175 g/mol. The van der Waals surface area contributed by atoms with E-state index in [1.807, 2.05) is 0 Å². The molecule has 0 aromatic rings. The molecule has 0 bridgehead atoms. The van der Waals surface area contributed by atoms with Crippen molar-refractivity contribution in [2.75, 3.05) is 6.61 Å². The number of hydrogen-bond donors (Lipinski definition) is 3. The second kappa shape index (κ2) is 5.54. The van der Waals surface area contributed by atoms with E-state index in [0.29, 0.717) is 6.42 Å². The van der Waals surface area contributed by atoms with Gasteiger partial charge in [0.1, 0.15) is 6.42 Å². The van der Waals surface area contributed by atoms with Crippen molar-refractivity contribution in [2.45, 2.75) is 25.8 Å². The number of carboxylic acid groups (broad SMARTS) is 1. The Hall–Kier alpha value is -1.10. The zero-order valence-corrected chi connectivity index (χ0v) is 6.91. The SMILES string of the molecule is CCC(CO)NC(=O)CC(=O)O. The van der Waals surface area contributed by atoms with Crippen molar-refractivity contribution in [3.05, 3.63) is 0 Å². The maximum atomic E-state index is 10.8. The molecular formula is C7H13NO4. The minimum Gasteiger partial charge on any atom is -0.481 e. The molecule has 70 valence electrons. The number of nitrogens with one attached hydrogen (secondary N) is 1. The number of rotatable bonds is 5. The molecule has 0 aromatic carbocycles. The Labute approximate surface area is 70.4 Å². The first-order valence-electron chi connectivity index (χ1n) is 3.72. The van der Waals surface area contributed by atoms with Crippen LogP contribution in [0, 0.1) is 0 Å². The number of carbonyl (C=O) groups excluding carboxylic acids is 1. The summed E-state index contributed by atoms with van der Waals surface area (Å²) >= 11 is 0. The Morgan fingerprint density at radius 2 is 2.08 bits per heavy atom. The summed E-state index contributed by atoms with van der Waals surface area (Å²) in [4.78, 5) is 20.8. The maximum Gasteiger partial charge on any atom is 0.312 e. The number of carboxylic acids is 1. The molecule has 0 saturated heterocycles. The highest BCUT2D eigenvalue weighted by molar-refractivity contribution is 5.93. The van der Waals surface area contributed by atoms with Gasteiger partial charge in [-0.25, -0.2) is 0 Å². The van der Waals surface area contributed by atoms with Crippen LogP contribution < -0.4 is 5.32 Å². The number of aliphatic hydroxyl groups excluding tert-OH is 1. The second-order valence-electron chi connectivity index (χ2n) is 2.43. The largest absolute Gasteiger partial charge is 0.481 e. The molecule has 3 N–H and O–H groups in total. The quantitative estimate of drug-likeness (QED) is 0.484. The van der Waals surface area contributed by atoms with Crippen LogP contribution in [0.2, 0.25) is 0 Å². The molecule has 0 radical (unpaired) electrons. The summed E-state index contributed by atoms with van der Waals surface area (Å²) in [6.45, 7) is 1.63. The van der Waals surface area contributed by atoms with E-state index >= 15 is 0 Å². The van der Waals surface area contributed by atoms with Crippen molar-refractivity contribution in [3.63, 3.8) is 0 Å². The lowest BCUT2D eigenvalue weighted by Gasteiger charge is -2.12. The third-order valence-electron chi connectivity index (χ3n) is 1.39. The highest BCUT2D eigenvalue weighted by Gasteiger charge is 2.11. The van der Waals surface area contributed by atoms with Gasteiger partial charge in [0.15, 0.2) is 0 Å². The minimum atomic E-state index is -1.17. The molecule has 1 amide bonds. The summed E-state index contributed by atoms with van der Waals surface area (Å²) in [5, 5.41) is 19.2. The Kier molecular flexibility index (Phi) is 5.03. The van der Waals surface area contributed by atoms with E-state index in [1.165, 1.54) is 0 Å². The summed E-state index contributed by atoms with van der Waals surface area (Å²) in [5.74, 6) is -1.73. The van der Waals surface area contributed by atoms with Crippen LogP contribution in [0.25, 0.3) is 0 Å². The van der Waals surface area contributed by atoms with E-state index in [2.05, 4.69) is 5.32 Å². The van der Waals surface area contributed by atoms with Gasteiger partial charge in [0.2, 0.25) is 5.91 Å². The summed E-state index contributed by atoms with van der Waals surface area (Å²) < 4.78 is 0. The number of amides is 1. The fourth-order valence-corrected chi connectivity index (χ4v) is 0.693. The number of aliphatic carboxylic acids is 1. The van der Waals surface area contributed by atoms with Crippen molar-refractivity contribution >= 4 is 11.9 Å². The van der Waals surface area contributed by atoms with Crippen LogP contribution >= 0.6 is 0 Å². The van der Waals surface area contributed by atoms with Crippen LogP contribution in [0.5, 0.6) is 0 Å². The zero-order valence-electron chi connectivity index (χ0n) is 6.91. The Morgan fingerprint density at radius 3 is 2.42 bits per heavy atom. The highest BCUT2D eigenvalue weighted by Crippen LogP contribution is 1.90. The van der Waals surface area contributed by atoms with Crippen LogP contribution in [0.4, 0.5) is 0 Å². The lowest BCUT2D eigenvalue weighted by molar-refractivity contribution is -0.141. The van der Waals surface area contributed by atoms with Gasteiger partial charge in [0.25, 0.3) is 0 Å². The first-order chi connectivity index (χ1) is 5.60. The van der Waals surface area contributed by atoms with Crippen LogP contribution in [-0.2, 0) is 9.59 Å².